The highest BCUT2D eigenvalue weighted by molar-refractivity contribution is 5.94. The average Bonchev–Trinajstić information content (AvgIpc) is 2.86. The molecule has 1 atom stereocenters. The number of benzene rings is 1. The molecule has 1 heterocycles. The molecule has 2 rings (SSSR count). The second kappa shape index (κ2) is 6.86. The van der Waals surface area contributed by atoms with Crippen LogP contribution >= 0.6 is 0 Å². The van der Waals surface area contributed by atoms with E-state index in [0.29, 0.717) is 6.04 Å². The van der Waals surface area contributed by atoms with Gasteiger partial charge in [0.25, 0.3) is 0 Å². The number of rotatable bonds is 6. The Morgan fingerprint density at radius 2 is 2.10 bits per heavy atom. The number of likely N-dealkylation sites (N-methyl/N-ethyl adjacent to an activating group) is 2. The Morgan fingerprint density at radius 1 is 1.40 bits per heavy atom. The summed E-state index contributed by atoms with van der Waals surface area (Å²) in [6.45, 7) is 6.74. The van der Waals surface area contributed by atoms with Gasteiger partial charge in [-0.05, 0) is 38.5 Å². The van der Waals surface area contributed by atoms with Gasteiger partial charge >= 0.3 is 0 Å². The van der Waals surface area contributed by atoms with Crippen LogP contribution in [-0.4, -0.2) is 48.4 Å². The van der Waals surface area contributed by atoms with Crippen LogP contribution < -0.4 is 5.73 Å². The predicted molar refractivity (Wildman–Crippen MR) is 84.1 cm³/mol. The summed E-state index contributed by atoms with van der Waals surface area (Å²) in [5.41, 5.74) is 7.54. The standard InChI is InChI=1S/C16H26N4/c1-3-20-10-4-5-15(20)12-19(2)11-13-6-8-14(9-7-13)16(17)18/h6-9,15H,3-5,10-12H2,1-2H3,(H3,17,18). The summed E-state index contributed by atoms with van der Waals surface area (Å²) in [5.74, 6) is 0.134. The Balaban J connectivity index is 1.87. The van der Waals surface area contributed by atoms with Crippen LogP contribution in [0.15, 0.2) is 24.3 Å². The minimum absolute atomic E-state index is 0.134. The fraction of sp³-hybridized carbons (Fsp3) is 0.562. The number of hydrogen-bond donors (Lipinski definition) is 2. The average molecular weight is 274 g/mol. The van der Waals surface area contributed by atoms with E-state index in [1.807, 2.05) is 12.1 Å². The molecule has 1 fully saturated rings. The molecule has 1 unspecified atom stereocenters. The van der Waals surface area contributed by atoms with E-state index in [2.05, 4.69) is 35.9 Å². The third-order valence-electron chi connectivity index (χ3n) is 4.15. The Morgan fingerprint density at radius 3 is 2.70 bits per heavy atom. The second-order valence-corrected chi connectivity index (χ2v) is 5.73. The van der Waals surface area contributed by atoms with E-state index < -0.39 is 0 Å². The largest absolute Gasteiger partial charge is 0.384 e. The lowest BCUT2D eigenvalue weighted by molar-refractivity contribution is 0.195. The molecule has 0 bridgehead atoms. The van der Waals surface area contributed by atoms with E-state index in [-0.39, 0.29) is 5.84 Å². The highest BCUT2D eigenvalue weighted by atomic mass is 15.2. The molecule has 20 heavy (non-hydrogen) atoms. The lowest BCUT2D eigenvalue weighted by atomic mass is 10.1. The molecular formula is C16H26N4. The van der Waals surface area contributed by atoms with Gasteiger partial charge in [-0.3, -0.25) is 10.3 Å². The zero-order chi connectivity index (χ0) is 14.5. The van der Waals surface area contributed by atoms with Gasteiger partial charge in [0.15, 0.2) is 0 Å². The van der Waals surface area contributed by atoms with Crippen molar-refractivity contribution in [2.75, 3.05) is 26.7 Å². The molecule has 1 aliphatic heterocycles. The Kier molecular flexibility index (Phi) is 5.15. The first kappa shape index (κ1) is 15.0. The molecule has 0 saturated carbocycles. The summed E-state index contributed by atoms with van der Waals surface area (Å²) < 4.78 is 0. The summed E-state index contributed by atoms with van der Waals surface area (Å²) in [7, 11) is 2.19. The summed E-state index contributed by atoms with van der Waals surface area (Å²) in [6.07, 6.45) is 2.65. The van der Waals surface area contributed by atoms with Gasteiger partial charge < -0.3 is 10.6 Å². The van der Waals surface area contributed by atoms with Crippen molar-refractivity contribution < 1.29 is 0 Å². The highest BCUT2D eigenvalue weighted by Crippen LogP contribution is 2.18. The lowest BCUT2D eigenvalue weighted by Crippen LogP contribution is -2.38. The smallest absolute Gasteiger partial charge is 0.122 e. The maximum absolute atomic E-state index is 7.40. The Labute approximate surface area is 122 Å². The number of likely N-dealkylation sites (tertiary alicyclic amines) is 1. The van der Waals surface area contributed by atoms with Crippen LogP contribution in [0, 0.1) is 5.41 Å². The van der Waals surface area contributed by atoms with Crippen molar-refractivity contribution in [2.45, 2.75) is 32.4 Å². The van der Waals surface area contributed by atoms with E-state index in [1.165, 1.54) is 24.9 Å². The van der Waals surface area contributed by atoms with Crippen molar-refractivity contribution in [2.24, 2.45) is 5.73 Å². The third kappa shape index (κ3) is 3.81. The summed E-state index contributed by atoms with van der Waals surface area (Å²) in [5, 5.41) is 7.40. The highest BCUT2D eigenvalue weighted by Gasteiger charge is 2.23. The molecule has 4 nitrogen and oxygen atoms in total. The quantitative estimate of drug-likeness (QED) is 0.615. The van der Waals surface area contributed by atoms with Gasteiger partial charge in [0.2, 0.25) is 0 Å². The molecule has 1 saturated heterocycles. The number of nitrogen functional groups attached to an aromatic ring is 1. The number of nitrogens with two attached hydrogens (primary N) is 1. The minimum Gasteiger partial charge on any atom is -0.384 e. The van der Waals surface area contributed by atoms with Crippen LogP contribution in [0.25, 0.3) is 0 Å². The molecule has 0 spiro atoms. The van der Waals surface area contributed by atoms with Crippen LogP contribution in [0.5, 0.6) is 0 Å². The van der Waals surface area contributed by atoms with Gasteiger partial charge in [-0.1, -0.05) is 31.2 Å². The van der Waals surface area contributed by atoms with Gasteiger partial charge in [0.1, 0.15) is 5.84 Å². The van der Waals surface area contributed by atoms with Gasteiger partial charge in [-0.15, -0.1) is 0 Å². The van der Waals surface area contributed by atoms with Crippen molar-refractivity contribution in [1.29, 1.82) is 5.41 Å². The van der Waals surface area contributed by atoms with E-state index in [0.717, 1.165) is 25.2 Å². The topological polar surface area (TPSA) is 56.4 Å². The number of nitrogens with zero attached hydrogens (tertiary/aromatic N) is 2. The molecule has 3 N–H and O–H groups in total. The van der Waals surface area contributed by atoms with Crippen molar-refractivity contribution in [3.63, 3.8) is 0 Å². The fourth-order valence-corrected chi connectivity index (χ4v) is 3.04. The van der Waals surface area contributed by atoms with Gasteiger partial charge in [-0.25, -0.2) is 0 Å². The van der Waals surface area contributed by atoms with Gasteiger partial charge in [-0.2, -0.15) is 0 Å². The Hall–Kier alpha value is -1.39. The van der Waals surface area contributed by atoms with Crippen molar-refractivity contribution in [3.8, 4) is 0 Å². The van der Waals surface area contributed by atoms with Crippen LogP contribution in [0.3, 0.4) is 0 Å². The summed E-state index contributed by atoms with van der Waals surface area (Å²) >= 11 is 0. The normalized spacial score (nSPS) is 19.6. The zero-order valence-corrected chi connectivity index (χ0v) is 12.6. The van der Waals surface area contributed by atoms with Crippen LogP contribution in [0.2, 0.25) is 0 Å². The molecule has 0 aromatic heterocycles. The van der Waals surface area contributed by atoms with Gasteiger partial charge in [0.05, 0.1) is 0 Å². The first-order chi connectivity index (χ1) is 9.60. The Bertz CT molecular complexity index is 440. The number of amidine groups is 1. The second-order valence-electron chi connectivity index (χ2n) is 5.73. The van der Waals surface area contributed by atoms with Crippen LogP contribution in [-0.2, 0) is 6.54 Å². The van der Waals surface area contributed by atoms with Crippen molar-refractivity contribution in [1.82, 2.24) is 9.80 Å². The van der Waals surface area contributed by atoms with Gasteiger partial charge in [0, 0.05) is 24.7 Å². The first-order valence-corrected chi connectivity index (χ1v) is 7.46. The molecule has 110 valence electrons. The molecule has 1 aromatic carbocycles. The molecule has 1 aromatic rings. The van der Waals surface area contributed by atoms with Crippen LogP contribution in [0.4, 0.5) is 0 Å². The van der Waals surface area contributed by atoms with Crippen LogP contribution in [0.1, 0.15) is 30.9 Å². The monoisotopic (exact) mass is 274 g/mol. The van der Waals surface area contributed by atoms with Crippen molar-refractivity contribution >= 4 is 5.84 Å². The molecule has 0 aliphatic carbocycles. The molecule has 1 aliphatic rings. The summed E-state index contributed by atoms with van der Waals surface area (Å²) in [4.78, 5) is 4.97. The zero-order valence-electron chi connectivity index (χ0n) is 12.6. The summed E-state index contributed by atoms with van der Waals surface area (Å²) in [6, 6.07) is 8.71. The maximum atomic E-state index is 7.40. The molecular weight excluding hydrogens is 248 g/mol. The third-order valence-corrected chi connectivity index (χ3v) is 4.15. The SMILES string of the molecule is CCN1CCCC1CN(C)Cc1ccc(C(=N)N)cc1. The van der Waals surface area contributed by atoms with E-state index in [9.17, 15) is 0 Å². The fourth-order valence-electron chi connectivity index (χ4n) is 3.04. The molecule has 0 radical (unpaired) electrons. The number of hydrogen-bond acceptors (Lipinski definition) is 3. The maximum Gasteiger partial charge on any atom is 0.122 e. The van der Waals surface area contributed by atoms with E-state index >= 15 is 0 Å². The first-order valence-electron chi connectivity index (χ1n) is 7.46. The molecule has 4 heteroatoms. The molecule has 0 amide bonds. The lowest BCUT2D eigenvalue weighted by Gasteiger charge is -2.27. The van der Waals surface area contributed by atoms with E-state index in [1.54, 1.807) is 0 Å². The predicted octanol–water partition coefficient (Wildman–Crippen LogP) is 1.89. The van der Waals surface area contributed by atoms with E-state index in [4.69, 9.17) is 11.1 Å². The van der Waals surface area contributed by atoms with Crippen molar-refractivity contribution in [3.05, 3.63) is 35.4 Å². The number of nitrogens with one attached hydrogen (secondary N) is 1. The minimum atomic E-state index is 0.134.